The minimum Gasteiger partial charge on any atom is -0.379 e. The minimum absolute atomic E-state index is 0.182. The zero-order valence-corrected chi connectivity index (χ0v) is 21.1. The quantitative estimate of drug-likeness (QED) is 0.446. The zero-order valence-electron chi connectivity index (χ0n) is 21.1. The van der Waals surface area contributed by atoms with E-state index in [1.165, 1.54) is 19.8 Å². The minimum atomic E-state index is -4.26. The van der Waals surface area contributed by atoms with E-state index in [1.54, 1.807) is 11.0 Å². The molecule has 1 aromatic rings. The van der Waals surface area contributed by atoms with Crippen LogP contribution in [0.2, 0.25) is 0 Å². The molecule has 7 nitrogen and oxygen atoms in total. The van der Waals surface area contributed by atoms with Crippen molar-refractivity contribution in [2.24, 2.45) is 5.92 Å². The number of piperidine rings is 1. The van der Waals surface area contributed by atoms with Crippen molar-refractivity contribution in [3.05, 3.63) is 29.3 Å². The fourth-order valence-corrected chi connectivity index (χ4v) is 6.10. The zero-order chi connectivity index (χ0) is 26.4. The van der Waals surface area contributed by atoms with Gasteiger partial charge in [-0.3, -0.25) is 19.7 Å². The lowest BCUT2D eigenvalue weighted by Crippen LogP contribution is -2.52. The van der Waals surface area contributed by atoms with E-state index in [0.29, 0.717) is 24.8 Å². The van der Waals surface area contributed by atoms with Crippen LogP contribution in [0.15, 0.2) is 18.2 Å². The fourth-order valence-electron chi connectivity index (χ4n) is 6.10. The molecule has 0 radical (unpaired) electrons. The highest BCUT2D eigenvalue weighted by atomic mass is 19.4. The number of carbonyl (C=O) groups excluding carboxylic acids is 3. The van der Waals surface area contributed by atoms with E-state index in [0.717, 1.165) is 42.9 Å². The Morgan fingerprint density at radius 1 is 1.11 bits per heavy atom. The third kappa shape index (κ3) is 5.63. The van der Waals surface area contributed by atoms with E-state index < -0.39 is 24.2 Å². The van der Waals surface area contributed by atoms with Crippen LogP contribution in [0.1, 0.15) is 87.1 Å². The molecule has 4 aliphatic rings. The summed E-state index contributed by atoms with van der Waals surface area (Å²) in [5.41, 5.74) is 2.00. The van der Waals surface area contributed by atoms with Crippen LogP contribution in [-0.4, -0.2) is 52.5 Å². The Bertz CT molecular complexity index is 1060. The SMILES string of the molecule is C[C@@H](NC1CCC(CCC2CC2)(Nc2cccc3c2CN(C2CCC(=O)NC2=O)C3=O)CC1)C(F)(F)F. The summed E-state index contributed by atoms with van der Waals surface area (Å²) in [5, 5.41) is 8.87. The maximum atomic E-state index is 13.2. The number of nitrogens with zero attached hydrogens (tertiary/aromatic N) is 1. The Hall–Kier alpha value is -2.62. The Labute approximate surface area is 214 Å². The first-order valence-corrected chi connectivity index (χ1v) is 13.4. The highest BCUT2D eigenvalue weighted by Gasteiger charge is 2.43. The number of anilines is 1. The largest absolute Gasteiger partial charge is 0.403 e. The van der Waals surface area contributed by atoms with E-state index in [9.17, 15) is 27.6 Å². The monoisotopic (exact) mass is 520 g/mol. The summed E-state index contributed by atoms with van der Waals surface area (Å²) in [6.45, 7) is 1.46. The van der Waals surface area contributed by atoms with Crippen LogP contribution < -0.4 is 16.0 Å². The lowest BCUT2D eigenvalue weighted by molar-refractivity contribution is -0.154. The van der Waals surface area contributed by atoms with Gasteiger partial charge in [0.1, 0.15) is 12.1 Å². The molecule has 2 atom stereocenters. The summed E-state index contributed by atoms with van der Waals surface area (Å²) < 4.78 is 39.2. The summed E-state index contributed by atoms with van der Waals surface area (Å²) in [5.74, 6) is -0.244. The van der Waals surface area contributed by atoms with Crippen molar-refractivity contribution in [3.8, 4) is 0 Å². The first-order chi connectivity index (χ1) is 17.5. The molecule has 1 aromatic carbocycles. The predicted octanol–water partition coefficient (Wildman–Crippen LogP) is 4.27. The number of hydrogen-bond acceptors (Lipinski definition) is 5. The van der Waals surface area contributed by atoms with Gasteiger partial charge in [0.15, 0.2) is 0 Å². The second-order valence-electron chi connectivity index (χ2n) is 11.3. The molecular formula is C27H35F3N4O3. The molecule has 3 amide bonds. The molecule has 2 heterocycles. The number of fused-ring (bicyclic) bond motifs is 1. The van der Waals surface area contributed by atoms with Crippen LogP contribution in [0, 0.1) is 5.92 Å². The van der Waals surface area contributed by atoms with Crippen molar-refractivity contribution in [3.63, 3.8) is 0 Å². The van der Waals surface area contributed by atoms with Crippen molar-refractivity contribution >= 4 is 23.4 Å². The number of benzene rings is 1. The summed E-state index contributed by atoms with van der Waals surface area (Å²) in [7, 11) is 0. The smallest absolute Gasteiger partial charge is 0.379 e. The Kier molecular flexibility index (Phi) is 6.98. The second kappa shape index (κ2) is 9.93. The Morgan fingerprint density at radius 2 is 1.84 bits per heavy atom. The van der Waals surface area contributed by atoms with E-state index >= 15 is 0 Å². The number of halogens is 3. The van der Waals surface area contributed by atoms with Crippen LogP contribution in [0.25, 0.3) is 0 Å². The third-order valence-corrected chi connectivity index (χ3v) is 8.63. The summed E-state index contributed by atoms with van der Waals surface area (Å²) in [6.07, 6.45) is 3.53. The normalized spacial score (nSPS) is 29.2. The molecule has 3 fully saturated rings. The molecule has 0 aromatic heterocycles. The third-order valence-electron chi connectivity index (χ3n) is 8.63. The molecule has 0 spiro atoms. The first kappa shape index (κ1) is 26.0. The van der Waals surface area contributed by atoms with Gasteiger partial charge in [-0.1, -0.05) is 18.9 Å². The number of hydrogen-bond donors (Lipinski definition) is 3. The van der Waals surface area contributed by atoms with E-state index in [4.69, 9.17) is 0 Å². The van der Waals surface area contributed by atoms with Gasteiger partial charge in [-0.2, -0.15) is 13.2 Å². The number of alkyl halides is 3. The van der Waals surface area contributed by atoms with Crippen LogP contribution >= 0.6 is 0 Å². The summed E-state index contributed by atoms with van der Waals surface area (Å²) in [6, 6.07) is 3.16. The van der Waals surface area contributed by atoms with Crippen molar-refractivity contribution < 1.29 is 27.6 Å². The molecule has 37 heavy (non-hydrogen) atoms. The highest BCUT2D eigenvalue weighted by Crippen LogP contribution is 2.43. The Balaban J connectivity index is 1.32. The van der Waals surface area contributed by atoms with E-state index in [1.807, 2.05) is 12.1 Å². The number of amides is 3. The van der Waals surface area contributed by atoms with Crippen LogP contribution in [0.4, 0.5) is 18.9 Å². The number of carbonyl (C=O) groups is 3. The lowest BCUT2D eigenvalue weighted by Gasteiger charge is -2.43. The van der Waals surface area contributed by atoms with Gasteiger partial charge in [0, 0.05) is 41.4 Å². The molecule has 5 rings (SSSR count). The molecular weight excluding hydrogens is 485 g/mol. The maximum absolute atomic E-state index is 13.2. The molecule has 2 aliphatic carbocycles. The van der Waals surface area contributed by atoms with Crippen LogP contribution in [0.3, 0.4) is 0 Å². The average Bonchev–Trinajstić information content (AvgIpc) is 3.62. The molecule has 1 unspecified atom stereocenters. The van der Waals surface area contributed by atoms with E-state index in [2.05, 4.69) is 16.0 Å². The standard InChI is InChI=1S/C27H35F3N4O3/c1-16(27(28,29)30)31-18-10-13-26(14-11-18,12-9-17-5-6-17)33-21-4-2-3-19-20(21)15-34(25(19)37)22-7-8-23(35)32-24(22)36/h2-4,16-18,22,31,33H,5-15H2,1H3,(H,32,35,36)/t16-,18?,22?,26?/m1/s1. The van der Waals surface area contributed by atoms with Crippen LogP contribution in [-0.2, 0) is 16.1 Å². The van der Waals surface area contributed by atoms with Crippen molar-refractivity contribution in [2.75, 3.05) is 5.32 Å². The second-order valence-corrected chi connectivity index (χ2v) is 11.3. The number of rotatable bonds is 8. The van der Waals surface area contributed by atoms with Gasteiger partial charge in [0.2, 0.25) is 11.8 Å². The van der Waals surface area contributed by atoms with Gasteiger partial charge in [-0.15, -0.1) is 0 Å². The topological polar surface area (TPSA) is 90.5 Å². The maximum Gasteiger partial charge on any atom is 0.403 e. The fraction of sp³-hybridized carbons (Fsp3) is 0.667. The molecule has 10 heteroatoms. The highest BCUT2D eigenvalue weighted by molar-refractivity contribution is 6.06. The lowest BCUT2D eigenvalue weighted by atomic mass is 9.75. The molecule has 0 bridgehead atoms. The number of imide groups is 1. The van der Waals surface area contributed by atoms with Crippen molar-refractivity contribution in [1.82, 2.24) is 15.5 Å². The predicted molar refractivity (Wildman–Crippen MR) is 132 cm³/mol. The van der Waals surface area contributed by atoms with Gasteiger partial charge in [0.05, 0.1) is 0 Å². The van der Waals surface area contributed by atoms with E-state index in [-0.39, 0.29) is 36.4 Å². The molecule has 2 saturated carbocycles. The summed E-state index contributed by atoms with van der Waals surface area (Å²) in [4.78, 5) is 38.8. The Morgan fingerprint density at radius 3 is 2.49 bits per heavy atom. The van der Waals surface area contributed by atoms with Gasteiger partial charge in [-0.25, -0.2) is 0 Å². The van der Waals surface area contributed by atoms with Gasteiger partial charge >= 0.3 is 6.18 Å². The molecule has 3 N–H and O–H groups in total. The van der Waals surface area contributed by atoms with Gasteiger partial charge in [0.25, 0.3) is 5.91 Å². The van der Waals surface area contributed by atoms with Gasteiger partial charge < -0.3 is 15.5 Å². The van der Waals surface area contributed by atoms with Crippen molar-refractivity contribution in [1.29, 1.82) is 0 Å². The summed E-state index contributed by atoms with van der Waals surface area (Å²) >= 11 is 0. The van der Waals surface area contributed by atoms with Gasteiger partial charge in [-0.05, 0) is 69.9 Å². The first-order valence-electron chi connectivity index (χ1n) is 13.4. The number of nitrogens with one attached hydrogen (secondary N) is 3. The van der Waals surface area contributed by atoms with Crippen LogP contribution in [0.5, 0.6) is 0 Å². The molecule has 2 aliphatic heterocycles. The molecule has 1 saturated heterocycles. The van der Waals surface area contributed by atoms with Crippen molar-refractivity contribution in [2.45, 2.75) is 108 Å². The molecule has 202 valence electrons. The average molecular weight is 521 g/mol.